The van der Waals surface area contributed by atoms with Gasteiger partial charge in [-0.3, -0.25) is 14.4 Å². The second kappa shape index (κ2) is 9.84. The minimum atomic E-state index is -0.460. The van der Waals surface area contributed by atoms with Gasteiger partial charge in [-0.25, -0.2) is 0 Å². The van der Waals surface area contributed by atoms with Gasteiger partial charge in [-0.05, 0) is 57.9 Å². The van der Waals surface area contributed by atoms with Gasteiger partial charge in [0.15, 0.2) is 0 Å². The fourth-order valence-electron chi connectivity index (χ4n) is 2.77. The monoisotopic (exact) mass is 466 g/mol. The van der Waals surface area contributed by atoms with Crippen LogP contribution in [-0.2, 0) is 11.3 Å². The second-order valence-electron chi connectivity index (χ2n) is 6.40. The van der Waals surface area contributed by atoms with Gasteiger partial charge in [0.1, 0.15) is 5.75 Å². The van der Waals surface area contributed by atoms with Crippen molar-refractivity contribution < 1.29 is 19.1 Å². The van der Waals surface area contributed by atoms with Gasteiger partial charge >= 0.3 is 5.97 Å². The van der Waals surface area contributed by atoms with Crippen LogP contribution in [0.4, 0.5) is 5.69 Å². The number of esters is 1. The maximum Gasteiger partial charge on any atom is 0.308 e. The molecule has 0 aliphatic carbocycles. The molecular formula is C23H19BrN2O4. The Kier molecular flexibility index (Phi) is 6.98. The van der Waals surface area contributed by atoms with Crippen molar-refractivity contribution in [1.29, 1.82) is 0 Å². The largest absolute Gasteiger partial charge is 0.427 e. The van der Waals surface area contributed by atoms with Gasteiger partial charge in [0.05, 0.1) is 5.56 Å². The van der Waals surface area contributed by atoms with Crippen LogP contribution < -0.4 is 15.4 Å². The van der Waals surface area contributed by atoms with Crippen LogP contribution >= 0.6 is 15.9 Å². The number of carbonyl (C=O) groups excluding carboxylic acids is 3. The molecule has 152 valence electrons. The molecule has 3 aromatic rings. The van der Waals surface area contributed by atoms with Crippen molar-refractivity contribution in [2.45, 2.75) is 13.5 Å². The third-order valence-electron chi connectivity index (χ3n) is 4.18. The smallest absolute Gasteiger partial charge is 0.308 e. The van der Waals surface area contributed by atoms with Gasteiger partial charge < -0.3 is 15.4 Å². The van der Waals surface area contributed by atoms with E-state index in [0.717, 1.165) is 5.56 Å². The highest BCUT2D eigenvalue weighted by atomic mass is 79.9. The molecule has 3 rings (SSSR count). The zero-order chi connectivity index (χ0) is 21.5. The minimum Gasteiger partial charge on any atom is -0.427 e. The van der Waals surface area contributed by atoms with E-state index < -0.39 is 5.97 Å². The summed E-state index contributed by atoms with van der Waals surface area (Å²) in [7, 11) is 0. The first kappa shape index (κ1) is 21.3. The third-order valence-corrected chi connectivity index (χ3v) is 4.87. The molecule has 0 aliphatic heterocycles. The van der Waals surface area contributed by atoms with Crippen molar-refractivity contribution in [2.75, 3.05) is 5.32 Å². The summed E-state index contributed by atoms with van der Waals surface area (Å²) in [6.07, 6.45) is 0. The van der Waals surface area contributed by atoms with Crippen LogP contribution in [0.15, 0.2) is 77.3 Å². The van der Waals surface area contributed by atoms with Crippen LogP contribution in [0.25, 0.3) is 0 Å². The Labute approximate surface area is 182 Å². The third kappa shape index (κ3) is 5.55. The molecule has 0 aromatic heterocycles. The molecule has 0 saturated heterocycles. The quantitative estimate of drug-likeness (QED) is 0.412. The summed E-state index contributed by atoms with van der Waals surface area (Å²) in [4.78, 5) is 36.2. The van der Waals surface area contributed by atoms with E-state index in [-0.39, 0.29) is 18.4 Å². The number of amides is 2. The Balaban J connectivity index is 1.71. The fraction of sp³-hybridized carbons (Fsp3) is 0.0870. The lowest BCUT2D eigenvalue weighted by molar-refractivity contribution is -0.131. The number of rotatable bonds is 6. The molecule has 3 aromatic carbocycles. The van der Waals surface area contributed by atoms with Crippen molar-refractivity contribution in [1.82, 2.24) is 5.32 Å². The van der Waals surface area contributed by atoms with E-state index in [2.05, 4.69) is 26.6 Å². The van der Waals surface area contributed by atoms with Crippen molar-refractivity contribution >= 4 is 39.4 Å². The number of anilines is 1. The first-order valence-corrected chi connectivity index (χ1v) is 9.94. The van der Waals surface area contributed by atoms with Crippen LogP contribution in [0.1, 0.15) is 33.2 Å². The average molecular weight is 467 g/mol. The second-order valence-corrected chi connectivity index (χ2v) is 7.25. The highest BCUT2D eigenvalue weighted by molar-refractivity contribution is 9.10. The van der Waals surface area contributed by atoms with Crippen LogP contribution in [0.2, 0.25) is 0 Å². The van der Waals surface area contributed by atoms with Crippen LogP contribution in [-0.4, -0.2) is 17.8 Å². The molecule has 6 nitrogen and oxygen atoms in total. The van der Waals surface area contributed by atoms with Crippen molar-refractivity contribution in [3.63, 3.8) is 0 Å². The number of para-hydroxylation sites is 1. The number of halogens is 1. The zero-order valence-corrected chi connectivity index (χ0v) is 17.7. The van der Waals surface area contributed by atoms with Crippen LogP contribution in [0.5, 0.6) is 5.75 Å². The number of carbonyl (C=O) groups is 3. The lowest BCUT2D eigenvalue weighted by Gasteiger charge is -2.13. The van der Waals surface area contributed by atoms with Crippen molar-refractivity contribution in [3.05, 3.63) is 94.0 Å². The molecule has 0 spiro atoms. The van der Waals surface area contributed by atoms with Gasteiger partial charge in [0, 0.05) is 29.2 Å². The summed E-state index contributed by atoms with van der Waals surface area (Å²) in [6, 6.07) is 20.7. The first-order valence-electron chi connectivity index (χ1n) is 9.14. The summed E-state index contributed by atoms with van der Waals surface area (Å²) >= 11 is 3.37. The molecule has 2 amide bonds. The van der Waals surface area contributed by atoms with Crippen LogP contribution in [0, 0.1) is 0 Å². The number of nitrogens with one attached hydrogen (secondary N) is 2. The SMILES string of the molecule is CC(=O)Oc1cccc(C(=O)Nc2ccccc2CNC(=O)c2ccccc2Br)c1. The maximum atomic E-state index is 12.7. The van der Waals surface area contributed by atoms with Crippen LogP contribution in [0.3, 0.4) is 0 Å². The van der Waals surface area contributed by atoms with Crippen molar-refractivity contribution in [3.8, 4) is 5.75 Å². The molecule has 0 atom stereocenters. The number of hydrogen-bond donors (Lipinski definition) is 2. The van der Waals surface area contributed by atoms with Gasteiger partial charge in [-0.2, -0.15) is 0 Å². The first-order chi connectivity index (χ1) is 14.4. The normalized spacial score (nSPS) is 10.2. The number of hydrogen-bond acceptors (Lipinski definition) is 4. The molecule has 0 aliphatic rings. The van der Waals surface area contributed by atoms with E-state index in [1.165, 1.54) is 13.0 Å². The minimum absolute atomic E-state index is 0.224. The maximum absolute atomic E-state index is 12.7. The molecule has 0 bridgehead atoms. The van der Waals surface area contributed by atoms with E-state index in [0.29, 0.717) is 27.0 Å². The molecule has 2 N–H and O–H groups in total. The van der Waals surface area contributed by atoms with Crippen molar-refractivity contribution in [2.24, 2.45) is 0 Å². The standard InChI is InChI=1S/C23H19BrN2O4/c1-15(27)30-18-9-6-8-16(13-18)22(28)26-21-12-5-2-7-17(21)14-25-23(29)19-10-3-4-11-20(19)24/h2-13H,14H2,1H3,(H,25,29)(H,26,28). The average Bonchev–Trinajstić information content (AvgIpc) is 2.73. The Morgan fingerprint density at radius 2 is 1.63 bits per heavy atom. The van der Waals surface area contributed by atoms with E-state index in [4.69, 9.17) is 4.74 Å². The summed E-state index contributed by atoms with van der Waals surface area (Å²) in [6.45, 7) is 1.54. The topological polar surface area (TPSA) is 84.5 Å². The van der Waals surface area contributed by atoms with E-state index in [1.54, 1.807) is 48.5 Å². The Hall–Kier alpha value is -3.45. The Bertz CT molecular complexity index is 1100. The highest BCUT2D eigenvalue weighted by Gasteiger charge is 2.13. The summed E-state index contributed by atoms with van der Waals surface area (Å²) in [5, 5.41) is 5.70. The zero-order valence-electron chi connectivity index (χ0n) is 16.1. The molecule has 0 unspecified atom stereocenters. The van der Waals surface area contributed by atoms with E-state index >= 15 is 0 Å². The number of benzene rings is 3. The lowest BCUT2D eigenvalue weighted by Crippen LogP contribution is -2.24. The summed E-state index contributed by atoms with van der Waals surface area (Å²) in [5.74, 6) is -0.742. The molecular weight excluding hydrogens is 448 g/mol. The molecule has 30 heavy (non-hydrogen) atoms. The highest BCUT2D eigenvalue weighted by Crippen LogP contribution is 2.20. The molecule has 0 fully saturated rings. The summed E-state index contributed by atoms with van der Waals surface area (Å²) in [5.41, 5.74) is 2.21. The molecule has 0 heterocycles. The van der Waals surface area contributed by atoms with Gasteiger partial charge in [0.25, 0.3) is 11.8 Å². The lowest BCUT2D eigenvalue weighted by atomic mass is 10.1. The van der Waals surface area contributed by atoms with Gasteiger partial charge in [-0.15, -0.1) is 0 Å². The van der Waals surface area contributed by atoms with E-state index in [9.17, 15) is 14.4 Å². The predicted molar refractivity (Wildman–Crippen MR) is 117 cm³/mol. The molecule has 0 radical (unpaired) electrons. The number of ether oxygens (including phenoxy) is 1. The fourth-order valence-corrected chi connectivity index (χ4v) is 3.24. The van der Waals surface area contributed by atoms with E-state index in [1.807, 2.05) is 18.2 Å². The summed E-state index contributed by atoms with van der Waals surface area (Å²) < 4.78 is 5.73. The predicted octanol–water partition coefficient (Wildman–Crippen LogP) is 4.56. The Morgan fingerprint density at radius 3 is 2.40 bits per heavy atom. The Morgan fingerprint density at radius 1 is 0.900 bits per heavy atom. The van der Waals surface area contributed by atoms with Gasteiger partial charge in [0.2, 0.25) is 0 Å². The molecule has 7 heteroatoms. The molecule has 0 saturated carbocycles. The van der Waals surface area contributed by atoms with Gasteiger partial charge in [-0.1, -0.05) is 36.4 Å².